The SMILES string of the molecule is N#Cc1cc(Nc2ncc(NC3CC3)[nH]2)c(Cl)c(N2CCOC(C(=O)N3CCOCC3)C2)c1. The third-order valence-electron chi connectivity index (χ3n) is 5.95. The van der Waals surface area contributed by atoms with Crippen molar-refractivity contribution in [3.63, 3.8) is 0 Å². The van der Waals surface area contributed by atoms with Crippen molar-refractivity contribution < 1.29 is 14.3 Å². The molecule has 2 aromatic rings. The highest BCUT2D eigenvalue weighted by molar-refractivity contribution is 6.36. The Bertz CT molecular complexity index is 1060. The zero-order chi connectivity index (χ0) is 22.8. The lowest BCUT2D eigenvalue weighted by molar-refractivity contribution is -0.148. The summed E-state index contributed by atoms with van der Waals surface area (Å²) in [7, 11) is 0. The summed E-state index contributed by atoms with van der Waals surface area (Å²) in [6.45, 7) is 3.54. The number of nitrogens with zero attached hydrogens (tertiary/aromatic N) is 4. The molecule has 10 nitrogen and oxygen atoms in total. The van der Waals surface area contributed by atoms with Crippen LogP contribution in [-0.2, 0) is 14.3 Å². The predicted octanol–water partition coefficient (Wildman–Crippen LogP) is 2.32. The lowest BCUT2D eigenvalue weighted by Crippen LogP contribution is -2.53. The molecule has 33 heavy (non-hydrogen) atoms. The number of aromatic amines is 1. The Hall–Kier alpha value is -3.00. The smallest absolute Gasteiger partial charge is 0.253 e. The number of hydrogen-bond donors (Lipinski definition) is 3. The molecule has 174 valence electrons. The number of imidazole rings is 1. The molecule has 0 spiro atoms. The van der Waals surface area contributed by atoms with Gasteiger partial charge in [-0.15, -0.1) is 0 Å². The molecular formula is C22H26ClN7O3. The van der Waals surface area contributed by atoms with Crippen molar-refractivity contribution in [1.29, 1.82) is 5.26 Å². The van der Waals surface area contributed by atoms with E-state index in [4.69, 9.17) is 21.1 Å². The van der Waals surface area contributed by atoms with Crippen molar-refractivity contribution in [3.8, 4) is 6.07 Å². The maximum absolute atomic E-state index is 12.9. The molecule has 1 aromatic carbocycles. The van der Waals surface area contributed by atoms with Crippen LogP contribution in [0.4, 0.5) is 23.1 Å². The van der Waals surface area contributed by atoms with Gasteiger partial charge in [-0.3, -0.25) is 4.79 Å². The molecule has 0 radical (unpaired) electrons. The van der Waals surface area contributed by atoms with Crippen molar-refractivity contribution in [2.24, 2.45) is 0 Å². The molecule has 1 aromatic heterocycles. The number of benzene rings is 1. The number of nitriles is 1. The maximum Gasteiger partial charge on any atom is 0.253 e. The fraction of sp³-hybridized carbons (Fsp3) is 0.500. The van der Waals surface area contributed by atoms with Gasteiger partial charge >= 0.3 is 0 Å². The van der Waals surface area contributed by atoms with Crippen molar-refractivity contribution >= 4 is 40.6 Å². The molecule has 11 heteroatoms. The molecule has 3 heterocycles. The summed E-state index contributed by atoms with van der Waals surface area (Å²) < 4.78 is 11.1. The first-order valence-electron chi connectivity index (χ1n) is 11.2. The summed E-state index contributed by atoms with van der Waals surface area (Å²) in [5, 5.41) is 16.6. The third kappa shape index (κ3) is 5.00. The molecule has 0 bridgehead atoms. The van der Waals surface area contributed by atoms with Gasteiger partial charge in [-0.1, -0.05) is 11.6 Å². The zero-order valence-electron chi connectivity index (χ0n) is 18.1. The molecule has 3 aliphatic rings. The van der Waals surface area contributed by atoms with Gasteiger partial charge in [0.05, 0.1) is 60.6 Å². The minimum absolute atomic E-state index is 0.0415. The van der Waals surface area contributed by atoms with Crippen LogP contribution in [0, 0.1) is 11.3 Å². The van der Waals surface area contributed by atoms with E-state index in [1.807, 2.05) is 4.90 Å². The number of H-pyrrole nitrogens is 1. The van der Waals surface area contributed by atoms with Crippen molar-refractivity contribution in [1.82, 2.24) is 14.9 Å². The number of morpholine rings is 2. The standard InChI is InChI=1S/C22H26ClN7O3/c23-20-16(27-22-25-12-19(28-22)26-15-1-2-15)9-14(11-24)10-17(20)30-5-8-33-18(13-30)21(31)29-3-6-32-7-4-29/h9-10,12,15,18,26H,1-8,13H2,(H2,25,27,28). The van der Waals surface area contributed by atoms with Crippen LogP contribution in [0.3, 0.4) is 0 Å². The first kappa shape index (κ1) is 21.8. The number of ether oxygens (including phenoxy) is 2. The number of halogens is 1. The number of rotatable bonds is 6. The lowest BCUT2D eigenvalue weighted by atomic mass is 10.1. The van der Waals surface area contributed by atoms with Crippen molar-refractivity contribution in [3.05, 3.63) is 28.9 Å². The minimum atomic E-state index is -0.587. The Kier molecular flexibility index (Phi) is 6.26. The summed E-state index contributed by atoms with van der Waals surface area (Å²) >= 11 is 6.77. The van der Waals surface area contributed by atoms with Crippen LogP contribution in [0.25, 0.3) is 0 Å². The van der Waals surface area contributed by atoms with E-state index in [1.165, 1.54) is 0 Å². The number of amides is 1. The monoisotopic (exact) mass is 471 g/mol. The van der Waals surface area contributed by atoms with E-state index in [1.54, 1.807) is 23.2 Å². The van der Waals surface area contributed by atoms with Crippen LogP contribution in [-0.4, -0.2) is 78.9 Å². The lowest BCUT2D eigenvalue weighted by Gasteiger charge is -2.37. The molecule has 1 saturated carbocycles. The number of anilines is 4. The molecule has 2 aliphatic heterocycles. The van der Waals surface area contributed by atoms with Crippen LogP contribution >= 0.6 is 11.6 Å². The largest absolute Gasteiger partial charge is 0.378 e. The number of nitrogens with one attached hydrogen (secondary N) is 3. The van der Waals surface area contributed by atoms with Gasteiger partial charge in [0.1, 0.15) is 5.82 Å². The second-order valence-electron chi connectivity index (χ2n) is 8.40. The summed E-state index contributed by atoms with van der Waals surface area (Å²) in [5.74, 6) is 1.33. The Balaban J connectivity index is 1.34. The summed E-state index contributed by atoms with van der Waals surface area (Å²) in [4.78, 5) is 24.3. The van der Waals surface area contributed by atoms with Gasteiger partial charge in [0, 0.05) is 25.7 Å². The topological polar surface area (TPSA) is 119 Å². The molecule has 1 amide bonds. The van der Waals surface area contributed by atoms with Crippen LogP contribution in [0.5, 0.6) is 0 Å². The van der Waals surface area contributed by atoms with E-state index >= 15 is 0 Å². The van der Waals surface area contributed by atoms with E-state index in [9.17, 15) is 10.1 Å². The van der Waals surface area contributed by atoms with Gasteiger partial charge in [0.15, 0.2) is 6.10 Å². The van der Waals surface area contributed by atoms with Crippen molar-refractivity contribution in [2.75, 3.05) is 61.5 Å². The number of carbonyl (C=O) groups excluding carboxylic acids is 1. The molecule has 1 aliphatic carbocycles. The average Bonchev–Trinajstić information content (AvgIpc) is 3.57. The van der Waals surface area contributed by atoms with E-state index < -0.39 is 6.10 Å². The molecule has 3 fully saturated rings. The fourth-order valence-electron chi connectivity index (χ4n) is 4.03. The van der Waals surface area contributed by atoms with Crippen LogP contribution in [0.1, 0.15) is 18.4 Å². The van der Waals surface area contributed by atoms with Gasteiger partial charge in [-0.05, 0) is 25.0 Å². The Labute approximate surface area is 196 Å². The van der Waals surface area contributed by atoms with Gasteiger partial charge in [-0.25, -0.2) is 4.98 Å². The van der Waals surface area contributed by atoms with Gasteiger partial charge in [0.25, 0.3) is 5.91 Å². The second-order valence-corrected chi connectivity index (χ2v) is 8.78. The van der Waals surface area contributed by atoms with Crippen molar-refractivity contribution in [2.45, 2.75) is 25.0 Å². The fourth-order valence-corrected chi connectivity index (χ4v) is 4.31. The van der Waals surface area contributed by atoms with Gasteiger partial charge < -0.3 is 34.9 Å². The molecule has 1 atom stereocenters. The molecule has 1 unspecified atom stereocenters. The third-order valence-corrected chi connectivity index (χ3v) is 6.35. The normalized spacial score (nSPS) is 20.9. The highest BCUT2D eigenvalue weighted by Crippen LogP contribution is 2.37. The van der Waals surface area contributed by atoms with Gasteiger partial charge in [-0.2, -0.15) is 5.26 Å². The minimum Gasteiger partial charge on any atom is -0.378 e. The summed E-state index contributed by atoms with van der Waals surface area (Å²) in [5.41, 5.74) is 1.71. The van der Waals surface area contributed by atoms with Gasteiger partial charge in [0.2, 0.25) is 5.95 Å². The first-order chi connectivity index (χ1) is 16.1. The molecule has 5 rings (SSSR count). The predicted molar refractivity (Wildman–Crippen MR) is 124 cm³/mol. The number of carbonyl (C=O) groups is 1. The van der Waals surface area contributed by atoms with E-state index in [-0.39, 0.29) is 5.91 Å². The number of hydrogen-bond acceptors (Lipinski definition) is 8. The maximum atomic E-state index is 12.9. The Morgan fingerprint density at radius 3 is 2.82 bits per heavy atom. The number of aromatic nitrogens is 2. The first-order valence-corrected chi connectivity index (χ1v) is 11.5. The van der Waals surface area contributed by atoms with E-state index in [2.05, 4.69) is 26.7 Å². The molecule has 3 N–H and O–H groups in total. The summed E-state index contributed by atoms with van der Waals surface area (Å²) in [6.07, 6.45) is 3.47. The summed E-state index contributed by atoms with van der Waals surface area (Å²) in [6, 6.07) is 6.14. The van der Waals surface area contributed by atoms with Crippen LogP contribution < -0.4 is 15.5 Å². The van der Waals surface area contributed by atoms with Crippen LogP contribution in [0.15, 0.2) is 18.3 Å². The second kappa shape index (κ2) is 9.47. The molecular weight excluding hydrogens is 446 g/mol. The highest BCUT2D eigenvalue weighted by Gasteiger charge is 2.32. The van der Waals surface area contributed by atoms with E-state index in [0.29, 0.717) is 80.0 Å². The van der Waals surface area contributed by atoms with Crippen LogP contribution in [0.2, 0.25) is 5.02 Å². The zero-order valence-corrected chi connectivity index (χ0v) is 18.9. The quantitative estimate of drug-likeness (QED) is 0.587. The average molecular weight is 472 g/mol. The van der Waals surface area contributed by atoms with E-state index in [0.717, 1.165) is 18.7 Å². The Morgan fingerprint density at radius 2 is 2.06 bits per heavy atom. The Morgan fingerprint density at radius 1 is 1.24 bits per heavy atom. The molecule has 2 saturated heterocycles. The highest BCUT2D eigenvalue weighted by atomic mass is 35.5.